The molecule has 1 aliphatic rings. The van der Waals surface area contributed by atoms with Crippen LogP contribution in [0.25, 0.3) is 0 Å². The molecule has 3 unspecified atom stereocenters. The highest BCUT2D eigenvalue weighted by Gasteiger charge is 2.42. The number of hydrogen-bond donors (Lipinski definition) is 3. The van der Waals surface area contributed by atoms with E-state index in [4.69, 9.17) is 10.2 Å². The van der Waals surface area contributed by atoms with Gasteiger partial charge < -0.3 is 15.3 Å². The summed E-state index contributed by atoms with van der Waals surface area (Å²) in [5.41, 5.74) is -0.564. The maximum atomic E-state index is 11.2. The SMILES string of the molecule is CC1(CO)CC(=O)C(O)CC1CO. The second-order valence-electron chi connectivity index (χ2n) is 4.09. The van der Waals surface area contributed by atoms with Gasteiger partial charge in [0.05, 0.1) is 0 Å². The van der Waals surface area contributed by atoms with Crippen molar-refractivity contribution in [1.82, 2.24) is 0 Å². The van der Waals surface area contributed by atoms with Crippen LogP contribution in [-0.2, 0) is 4.79 Å². The van der Waals surface area contributed by atoms with Crippen molar-refractivity contribution >= 4 is 5.78 Å². The van der Waals surface area contributed by atoms with E-state index in [0.29, 0.717) is 0 Å². The topological polar surface area (TPSA) is 77.8 Å². The number of aliphatic hydroxyl groups is 3. The van der Waals surface area contributed by atoms with Gasteiger partial charge in [-0.05, 0) is 12.3 Å². The van der Waals surface area contributed by atoms with Crippen molar-refractivity contribution in [1.29, 1.82) is 0 Å². The Hall–Kier alpha value is -0.450. The molecule has 1 rings (SSSR count). The third-order valence-electron chi connectivity index (χ3n) is 3.02. The normalized spacial score (nSPS) is 40.8. The van der Waals surface area contributed by atoms with E-state index in [9.17, 15) is 9.90 Å². The Morgan fingerprint density at radius 1 is 1.54 bits per heavy atom. The number of rotatable bonds is 2. The third-order valence-corrected chi connectivity index (χ3v) is 3.02. The Balaban J connectivity index is 2.78. The quantitative estimate of drug-likeness (QED) is 0.536. The molecular weight excluding hydrogens is 172 g/mol. The largest absolute Gasteiger partial charge is 0.396 e. The molecule has 4 heteroatoms. The summed E-state index contributed by atoms with van der Waals surface area (Å²) in [5.74, 6) is -0.425. The monoisotopic (exact) mass is 188 g/mol. The van der Waals surface area contributed by atoms with Crippen LogP contribution in [0.2, 0.25) is 0 Å². The molecule has 1 saturated carbocycles. The summed E-state index contributed by atoms with van der Waals surface area (Å²) in [4.78, 5) is 11.2. The van der Waals surface area contributed by atoms with Gasteiger partial charge in [0.25, 0.3) is 0 Å². The lowest BCUT2D eigenvalue weighted by Gasteiger charge is -2.40. The fourth-order valence-corrected chi connectivity index (χ4v) is 1.83. The minimum absolute atomic E-state index is 0.0958. The first kappa shape index (κ1) is 10.6. The van der Waals surface area contributed by atoms with Crippen molar-refractivity contribution in [2.45, 2.75) is 25.9 Å². The minimum atomic E-state index is -0.961. The van der Waals surface area contributed by atoms with Gasteiger partial charge >= 0.3 is 0 Å². The molecule has 1 aliphatic carbocycles. The van der Waals surface area contributed by atoms with E-state index in [1.165, 1.54) is 0 Å². The van der Waals surface area contributed by atoms with Gasteiger partial charge in [-0.2, -0.15) is 0 Å². The van der Waals surface area contributed by atoms with Crippen LogP contribution in [0.5, 0.6) is 0 Å². The van der Waals surface area contributed by atoms with Gasteiger partial charge in [0.15, 0.2) is 5.78 Å². The van der Waals surface area contributed by atoms with Crippen LogP contribution in [0.3, 0.4) is 0 Å². The number of aliphatic hydroxyl groups excluding tert-OH is 3. The maximum Gasteiger partial charge on any atom is 0.161 e. The van der Waals surface area contributed by atoms with Crippen molar-refractivity contribution in [3.05, 3.63) is 0 Å². The van der Waals surface area contributed by atoms with Crippen molar-refractivity contribution < 1.29 is 20.1 Å². The first-order valence-electron chi connectivity index (χ1n) is 4.46. The summed E-state index contributed by atoms with van der Waals surface area (Å²) < 4.78 is 0. The van der Waals surface area contributed by atoms with E-state index in [2.05, 4.69) is 0 Å². The zero-order chi connectivity index (χ0) is 10.1. The second-order valence-corrected chi connectivity index (χ2v) is 4.09. The average Bonchev–Trinajstić information content (AvgIpc) is 2.11. The molecule has 0 heterocycles. The van der Waals surface area contributed by atoms with Crippen molar-refractivity contribution in [2.24, 2.45) is 11.3 Å². The number of hydrogen-bond acceptors (Lipinski definition) is 4. The molecule has 13 heavy (non-hydrogen) atoms. The molecule has 0 spiro atoms. The highest BCUT2D eigenvalue weighted by molar-refractivity contribution is 5.84. The number of carbonyl (C=O) groups excluding carboxylic acids is 1. The molecule has 0 aromatic rings. The second kappa shape index (κ2) is 3.74. The highest BCUT2D eigenvalue weighted by atomic mass is 16.3. The van der Waals surface area contributed by atoms with E-state index >= 15 is 0 Å². The van der Waals surface area contributed by atoms with Gasteiger partial charge in [-0.25, -0.2) is 0 Å². The molecule has 0 aromatic heterocycles. The van der Waals surface area contributed by atoms with E-state index in [-0.39, 0.29) is 37.8 Å². The molecule has 3 atom stereocenters. The Labute approximate surface area is 77.2 Å². The Morgan fingerprint density at radius 3 is 2.62 bits per heavy atom. The molecule has 3 N–H and O–H groups in total. The van der Waals surface area contributed by atoms with Gasteiger partial charge in [0.1, 0.15) is 6.10 Å². The van der Waals surface area contributed by atoms with E-state index in [1.807, 2.05) is 0 Å². The smallest absolute Gasteiger partial charge is 0.161 e. The fourth-order valence-electron chi connectivity index (χ4n) is 1.83. The van der Waals surface area contributed by atoms with Gasteiger partial charge in [0.2, 0.25) is 0 Å². The molecule has 76 valence electrons. The van der Waals surface area contributed by atoms with Gasteiger partial charge in [-0.1, -0.05) is 6.92 Å². The molecule has 0 aromatic carbocycles. The highest BCUT2D eigenvalue weighted by Crippen LogP contribution is 2.38. The third kappa shape index (κ3) is 1.90. The summed E-state index contributed by atoms with van der Waals surface area (Å²) in [7, 11) is 0. The van der Waals surface area contributed by atoms with Crippen molar-refractivity contribution in [3.8, 4) is 0 Å². The predicted molar refractivity (Wildman–Crippen MR) is 46.0 cm³/mol. The molecule has 4 nitrogen and oxygen atoms in total. The van der Waals surface area contributed by atoms with Crippen molar-refractivity contribution in [2.75, 3.05) is 13.2 Å². The Bertz CT molecular complexity index is 204. The average molecular weight is 188 g/mol. The predicted octanol–water partition coefficient (Wildman–Crippen LogP) is -0.683. The molecule has 0 amide bonds. The Morgan fingerprint density at radius 2 is 2.15 bits per heavy atom. The first-order chi connectivity index (χ1) is 6.03. The molecular formula is C9H16O4. The van der Waals surface area contributed by atoms with Crippen LogP contribution in [0.4, 0.5) is 0 Å². The van der Waals surface area contributed by atoms with E-state index < -0.39 is 11.5 Å². The molecule has 0 bridgehead atoms. The first-order valence-corrected chi connectivity index (χ1v) is 4.46. The molecule has 1 fully saturated rings. The number of ketones is 1. The van der Waals surface area contributed by atoms with Crippen LogP contribution in [0.15, 0.2) is 0 Å². The minimum Gasteiger partial charge on any atom is -0.396 e. The lowest BCUT2D eigenvalue weighted by Crippen LogP contribution is -2.45. The maximum absolute atomic E-state index is 11.2. The Kier molecular flexibility index (Phi) is 3.05. The zero-order valence-electron chi connectivity index (χ0n) is 7.73. The molecule has 0 radical (unpaired) electrons. The summed E-state index contributed by atoms with van der Waals surface area (Å²) in [6.07, 6.45) is -0.556. The van der Waals surface area contributed by atoms with Crippen LogP contribution >= 0.6 is 0 Å². The number of Topliss-reactive ketones (excluding diaryl/α,β-unsaturated/α-hetero) is 1. The molecule has 0 aliphatic heterocycles. The lowest BCUT2D eigenvalue weighted by atomic mass is 9.67. The van der Waals surface area contributed by atoms with E-state index in [1.54, 1.807) is 6.92 Å². The standard InChI is InChI=1S/C9H16O4/c1-9(5-11)3-8(13)7(12)2-6(9)4-10/h6-7,10-12H,2-5H2,1H3. The van der Waals surface area contributed by atoms with E-state index in [0.717, 1.165) is 0 Å². The lowest BCUT2D eigenvalue weighted by molar-refractivity contribution is -0.140. The van der Waals surface area contributed by atoms with Crippen molar-refractivity contribution in [3.63, 3.8) is 0 Å². The summed E-state index contributed by atoms with van der Waals surface area (Å²) >= 11 is 0. The summed E-state index contributed by atoms with van der Waals surface area (Å²) in [6.45, 7) is 1.54. The van der Waals surface area contributed by atoms with Crippen LogP contribution in [0, 0.1) is 11.3 Å². The summed E-state index contributed by atoms with van der Waals surface area (Å²) in [6, 6.07) is 0. The van der Waals surface area contributed by atoms with Crippen LogP contribution < -0.4 is 0 Å². The molecule has 0 saturated heterocycles. The van der Waals surface area contributed by atoms with Crippen LogP contribution in [0.1, 0.15) is 19.8 Å². The van der Waals surface area contributed by atoms with Gasteiger partial charge in [-0.3, -0.25) is 4.79 Å². The van der Waals surface area contributed by atoms with Crippen LogP contribution in [-0.4, -0.2) is 40.4 Å². The number of carbonyl (C=O) groups is 1. The summed E-state index contributed by atoms with van der Waals surface area (Å²) in [5, 5.41) is 27.4. The zero-order valence-corrected chi connectivity index (χ0v) is 7.73. The van der Waals surface area contributed by atoms with Gasteiger partial charge in [-0.15, -0.1) is 0 Å². The fraction of sp³-hybridized carbons (Fsp3) is 0.889. The van der Waals surface area contributed by atoms with Gasteiger partial charge in [0, 0.05) is 25.0 Å².